The minimum absolute atomic E-state index is 0.139. The molecule has 6 heteroatoms. The summed E-state index contributed by atoms with van der Waals surface area (Å²) in [6.45, 7) is 4.19. The molecule has 5 nitrogen and oxygen atoms in total. The van der Waals surface area contributed by atoms with Crippen molar-refractivity contribution in [3.05, 3.63) is 23.2 Å². The summed E-state index contributed by atoms with van der Waals surface area (Å²) in [6, 6.07) is 5.36. The second-order valence-electron chi connectivity index (χ2n) is 6.33. The zero-order chi connectivity index (χ0) is 16.2. The van der Waals surface area contributed by atoms with Crippen LogP contribution in [0.3, 0.4) is 0 Å². The summed E-state index contributed by atoms with van der Waals surface area (Å²) in [5.74, 6) is 2.29. The molecule has 2 aliphatic rings. The largest absolute Gasteiger partial charge is 0.495 e. The summed E-state index contributed by atoms with van der Waals surface area (Å²) in [5.41, 5.74) is 0.754. The van der Waals surface area contributed by atoms with Gasteiger partial charge < -0.3 is 20.3 Å². The lowest BCUT2D eigenvalue weighted by Gasteiger charge is -2.22. The SMILES string of the molecule is COc1ccc(Cl)cc1NCC(=O)N1CC[C@@H]2CNC[C@@H]2CC1. The molecule has 0 unspecified atom stereocenters. The van der Waals surface area contributed by atoms with E-state index in [1.165, 1.54) is 0 Å². The lowest BCUT2D eigenvalue weighted by molar-refractivity contribution is -0.129. The Morgan fingerprint density at radius 3 is 2.70 bits per heavy atom. The molecule has 1 amide bonds. The highest BCUT2D eigenvalue weighted by molar-refractivity contribution is 6.30. The van der Waals surface area contributed by atoms with Gasteiger partial charge in [0.05, 0.1) is 19.3 Å². The Morgan fingerprint density at radius 2 is 2.04 bits per heavy atom. The maximum atomic E-state index is 12.5. The maximum Gasteiger partial charge on any atom is 0.241 e. The normalized spacial score (nSPS) is 24.0. The number of nitrogens with one attached hydrogen (secondary N) is 2. The Morgan fingerprint density at radius 1 is 1.35 bits per heavy atom. The van der Waals surface area contributed by atoms with Gasteiger partial charge in [0.1, 0.15) is 5.75 Å². The van der Waals surface area contributed by atoms with E-state index in [-0.39, 0.29) is 12.5 Å². The van der Waals surface area contributed by atoms with Crippen LogP contribution in [0.15, 0.2) is 18.2 Å². The van der Waals surface area contributed by atoms with Gasteiger partial charge >= 0.3 is 0 Å². The molecule has 2 heterocycles. The van der Waals surface area contributed by atoms with Crippen LogP contribution in [-0.4, -0.2) is 50.6 Å². The highest BCUT2D eigenvalue weighted by atomic mass is 35.5. The average molecular weight is 338 g/mol. The maximum absolute atomic E-state index is 12.5. The number of rotatable bonds is 4. The van der Waals surface area contributed by atoms with E-state index in [9.17, 15) is 4.79 Å². The number of methoxy groups -OCH3 is 1. The number of nitrogens with zero attached hydrogens (tertiary/aromatic N) is 1. The smallest absolute Gasteiger partial charge is 0.241 e. The molecule has 2 aliphatic heterocycles. The zero-order valence-corrected chi connectivity index (χ0v) is 14.2. The molecule has 0 aromatic heterocycles. The number of likely N-dealkylation sites (tertiary alicyclic amines) is 1. The van der Waals surface area contributed by atoms with Gasteiger partial charge in [-0.25, -0.2) is 0 Å². The van der Waals surface area contributed by atoms with Crippen LogP contribution in [-0.2, 0) is 4.79 Å². The third-order valence-electron chi connectivity index (χ3n) is 4.96. The molecule has 0 saturated carbocycles. The summed E-state index contributed by atoms with van der Waals surface area (Å²) in [4.78, 5) is 14.5. The quantitative estimate of drug-likeness (QED) is 0.884. The van der Waals surface area contributed by atoms with E-state index in [1.807, 2.05) is 4.90 Å². The van der Waals surface area contributed by atoms with Crippen LogP contribution in [0.25, 0.3) is 0 Å². The summed E-state index contributed by atoms with van der Waals surface area (Å²) in [7, 11) is 1.61. The van der Waals surface area contributed by atoms with Crippen molar-refractivity contribution >= 4 is 23.2 Å². The Labute approximate surface area is 142 Å². The van der Waals surface area contributed by atoms with E-state index in [2.05, 4.69) is 10.6 Å². The van der Waals surface area contributed by atoms with Gasteiger partial charge in [-0.1, -0.05) is 11.6 Å². The first kappa shape index (κ1) is 16.4. The molecule has 3 rings (SSSR count). The van der Waals surface area contributed by atoms with E-state index < -0.39 is 0 Å². The van der Waals surface area contributed by atoms with Crippen LogP contribution in [0.4, 0.5) is 5.69 Å². The molecule has 1 aromatic rings. The summed E-state index contributed by atoms with van der Waals surface area (Å²) in [6.07, 6.45) is 2.20. The van der Waals surface area contributed by atoms with E-state index in [0.29, 0.717) is 10.8 Å². The minimum atomic E-state index is 0.139. The van der Waals surface area contributed by atoms with E-state index in [4.69, 9.17) is 16.3 Å². The molecule has 2 N–H and O–H groups in total. The number of hydrogen-bond acceptors (Lipinski definition) is 4. The second-order valence-corrected chi connectivity index (χ2v) is 6.77. The first-order valence-electron chi connectivity index (χ1n) is 8.23. The van der Waals surface area contributed by atoms with Gasteiger partial charge in [-0.05, 0) is 56.0 Å². The van der Waals surface area contributed by atoms with E-state index in [0.717, 1.165) is 56.5 Å². The first-order chi connectivity index (χ1) is 11.2. The molecule has 126 valence electrons. The van der Waals surface area contributed by atoms with Gasteiger partial charge in [-0.3, -0.25) is 4.79 Å². The molecule has 23 heavy (non-hydrogen) atoms. The Balaban J connectivity index is 1.56. The number of carbonyl (C=O) groups excluding carboxylic acids is 1. The second kappa shape index (κ2) is 7.41. The third kappa shape index (κ3) is 3.90. The number of anilines is 1. The standard InChI is InChI=1S/C17H24ClN3O2/c1-23-16-3-2-14(18)8-15(16)20-11-17(22)21-6-4-12-9-19-10-13(12)5-7-21/h2-3,8,12-13,19-20H,4-7,9-11H2,1H3/t12-,13+. The lowest BCUT2D eigenvalue weighted by Crippen LogP contribution is -2.36. The van der Waals surface area contributed by atoms with Gasteiger partial charge in [0.25, 0.3) is 0 Å². The highest BCUT2D eigenvalue weighted by Crippen LogP contribution is 2.28. The summed E-state index contributed by atoms with van der Waals surface area (Å²) >= 11 is 6.02. The van der Waals surface area contributed by atoms with Gasteiger partial charge in [0, 0.05) is 18.1 Å². The highest BCUT2D eigenvalue weighted by Gasteiger charge is 2.31. The molecule has 0 spiro atoms. The van der Waals surface area contributed by atoms with Crippen molar-refractivity contribution in [1.29, 1.82) is 0 Å². The van der Waals surface area contributed by atoms with Crippen LogP contribution in [0.1, 0.15) is 12.8 Å². The summed E-state index contributed by atoms with van der Waals surface area (Å²) in [5, 5.41) is 7.24. The molecule has 1 aromatic carbocycles. The molecule has 0 aliphatic carbocycles. The lowest BCUT2D eigenvalue weighted by atomic mass is 9.92. The van der Waals surface area contributed by atoms with Crippen molar-refractivity contribution in [1.82, 2.24) is 10.2 Å². The molecule has 2 atom stereocenters. The number of halogens is 1. The van der Waals surface area contributed by atoms with Gasteiger partial charge in [-0.2, -0.15) is 0 Å². The first-order valence-corrected chi connectivity index (χ1v) is 8.61. The number of ether oxygens (including phenoxy) is 1. The molecular weight excluding hydrogens is 314 g/mol. The Hall–Kier alpha value is -1.46. The van der Waals surface area contributed by atoms with Gasteiger partial charge in [0.15, 0.2) is 0 Å². The monoisotopic (exact) mass is 337 g/mol. The molecule has 0 radical (unpaired) electrons. The Bertz CT molecular complexity index is 553. The molecule has 2 fully saturated rings. The van der Waals surface area contributed by atoms with Crippen LogP contribution in [0, 0.1) is 11.8 Å². The number of hydrogen-bond donors (Lipinski definition) is 2. The van der Waals surface area contributed by atoms with Crippen molar-refractivity contribution in [3.63, 3.8) is 0 Å². The molecule has 2 saturated heterocycles. The van der Waals surface area contributed by atoms with Crippen LogP contribution >= 0.6 is 11.6 Å². The van der Waals surface area contributed by atoms with Crippen molar-refractivity contribution in [2.24, 2.45) is 11.8 Å². The number of amides is 1. The van der Waals surface area contributed by atoms with Crippen molar-refractivity contribution in [2.45, 2.75) is 12.8 Å². The summed E-state index contributed by atoms with van der Waals surface area (Å²) < 4.78 is 5.30. The number of fused-ring (bicyclic) bond motifs is 1. The molecular formula is C17H24ClN3O2. The van der Waals surface area contributed by atoms with Crippen molar-refractivity contribution < 1.29 is 9.53 Å². The predicted molar refractivity (Wildman–Crippen MR) is 92.2 cm³/mol. The van der Waals surface area contributed by atoms with Crippen LogP contribution < -0.4 is 15.4 Å². The fourth-order valence-corrected chi connectivity index (χ4v) is 3.74. The fourth-order valence-electron chi connectivity index (χ4n) is 3.57. The molecule has 0 bridgehead atoms. The van der Waals surface area contributed by atoms with Crippen LogP contribution in [0.5, 0.6) is 5.75 Å². The predicted octanol–water partition coefficient (Wildman–Crippen LogP) is 2.22. The Kier molecular flexibility index (Phi) is 5.28. The zero-order valence-electron chi connectivity index (χ0n) is 13.5. The van der Waals surface area contributed by atoms with Crippen LogP contribution in [0.2, 0.25) is 5.02 Å². The topological polar surface area (TPSA) is 53.6 Å². The van der Waals surface area contributed by atoms with Crippen molar-refractivity contribution in [3.8, 4) is 5.75 Å². The fraction of sp³-hybridized carbons (Fsp3) is 0.588. The van der Waals surface area contributed by atoms with Crippen molar-refractivity contribution in [2.75, 3.05) is 45.2 Å². The van der Waals surface area contributed by atoms with E-state index in [1.54, 1.807) is 25.3 Å². The van der Waals surface area contributed by atoms with Gasteiger partial charge in [0.2, 0.25) is 5.91 Å². The number of carbonyl (C=O) groups is 1. The average Bonchev–Trinajstić information content (AvgIpc) is 2.91. The van der Waals surface area contributed by atoms with Gasteiger partial charge in [-0.15, -0.1) is 0 Å². The van der Waals surface area contributed by atoms with E-state index >= 15 is 0 Å². The number of benzene rings is 1. The third-order valence-corrected chi connectivity index (χ3v) is 5.20. The minimum Gasteiger partial charge on any atom is -0.495 e.